The molecule has 3 rings (SSSR count). The molecule has 2 aromatic heterocycles. The van der Waals surface area contributed by atoms with Gasteiger partial charge < -0.3 is 10.1 Å². The molecule has 0 saturated heterocycles. The average molecular weight is 339 g/mol. The van der Waals surface area contributed by atoms with E-state index in [2.05, 4.69) is 32.7 Å². The molecule has 0 bridgehead atoms. The van der Waals surface area contributed by atoms with Crippen molar-refractivity contribution in [1.29, 1.82) is 0 Å². The number of aryl methyl sites for hydroxylation is 1. The number of aromatic nitrogens is 4. The van der Waals surface area contributed by atoms with E-state index in [4.69, 9.17) is 4.74 Å². The summed E-state index contributed by atoms with van der Waals surface area (Å²) in [6, 6.07) is 13.7. The molecular formula is C18H21N5O2. The minimum atomic E-state index is 0.0512. The molecule has 7 nitrogen and oxygen atoms in total. The van der Waals surface area contributed by atoms with Crippen LogP contribution in [0.5, 0.6) is 5.88 Å². The summed E-state index contributed by atoms with van der Waals surface area (Å²) >= 11 is 0. The Labute approximate surface area is 146 Å². The van der Waals surface area contributed by atoms with E-state index in [0.717, 1.165) is 12.2 Å². The average Bonchev–Trinajstić information content (AvgIpc) is 3.05. The highest BCUT2D eigenvalue weighted by molar-refractivity contribution is 5.75. The summed E-state index contributed by atoms with van der Waals surface area (Å²) in [5, 5.41) is 15.5. The molecule has 0 atom stereocenters. The fraction of sp³-hybridized carbons (Fsp3) is 0.333. The van der Waals surface area contributed by atoms with Crippen molar-refractivity contribution in [3.05, 3.63) is 53.9 Å². The topological polar surface area (TPSA) is 81.4 Å². The lowest BCUT2D eigenvalue weighted by Crippen LogP contribution is -2.25. The molecule has 0 radical (unpaired) electrons. The molecule has 25 heavy (non-hydrogen) atoms. The second-order valence-corrected chi connectivity index (χ2v) is 5.70. The number of rotatable bonds is 8. The van der Waals surface area contributed by atoms with Crippen LogP contribution in [-0.4, -0.2) is 39.4 Å². The maximum atomic E-state index is 11.9. The summed E-state index contributed by atoms with van der Waals surface area (Å²) in [6.45, 7) is 0.648. The van der Waals surface area contributed by atoms with Gasteiger partial charge in [-0.25, -0.2) is 0 Å². The first-order valence-electron chi connectivity index (χ1n) is 8.32. The summed E-state index contributed by atoms with van der Waals surface area (Å²) in [5.74, 6) is 1.29. The van der Waals surface area contributed by atoms with Gasteiger partial charge in [0.15, 0.2) is 11.5 Å². The zero-order valence-electron chi connectivity index (χ0n) is 14.2. The summed E-state index contributed by atoms with van der Waals surface area (Å²) < 4.78 is 6.78. The number of nitrogens with one attached hydrogen (secondary N) is 1. The van der Waals surface area contributed by atoms with E-state index < -0.39 is 0 Å². The normalized spacial score (nSPS) is 10.8. The van der Waals surface area contributed by atoms with Crippen LogP contribution in [0.15, 0.2) is 42.5 Å². The molecule has 0 saturated carbocycles. The summed E-state index contributed by atoms with van der Waals surface area (Å²) in [7, 11) is 1.57. The number of methoxy groups -OCH3 is 1. The van der Waals surface area contributed by atoms with Gasteiger partial charge in [-0.15, -0.1) is 15.3 Å². The maximum absolute atomic E-state index is 11.9. The van der Waals surface area contributed by atoms with Crippen LogP contribution < -0.4 is 10.1 Å². The zero-order chi connectivity index (χ0) is 17.5. The molecule has 1 aromatic carbocycles. The molecule has 0 unspecified atom stereocenters. The summed E-state index contributed by atoms with van der Waals surface area (Å²) in [4.78, 5) is 11.9. The molecule has 3 aromatic rings. The highest BCUT2D eigenvalue weighted by atomic mass is 16.5. The van der Waals surface area contributed by atoms with Gasteiger partial charge in [0, 0.05) is 25.5 Å². The summed E-state index contributed by atoms with van der Waals surface area (Å²) in [6.07, 6.45) is 2.61. The van der Waals surface area contributed by atoms with Crippen LogP contribution in [-0.2, 0) is 17.6 Å². The van der Waals surface area contributed by atoms with Crippen LogP contribution in [0.3, 0.4) is 0 Å². The molecule has 0 aliphatic heterocycles. The third kappa shape index (κ3) is 4.53. The Kier molecular flexibility index (Phi) is 5.56. The minimum absolute atomic E-state index is 0.0512. The zero-order valence-corrected chi connectivity index (χ0v) is 14.2. The van der Waals surface area contributed by atoms with Crippen molar-refractivity contribution in [3.8, 4) is 5.88 Å². The second-order valence-electron chi connectivity index (χ2n) is 5.70. The number of ether oxygens (including phenoxy) is 1. The first-order valence-corrected chi connectivity index (χ1v) is 8.32. The van der Waals surface area contributed by atoms with Crippen LogP contribution in [0.25, 0.3) is 5.65 Å². The van der Waals surface area contributed by atoms with Crippen LogP contribution >= 0.6 is 0 Å². The van der Waals surface area contributed by atoms with Crippen molar-refractivity contribution in [3.63, 3.8) is 0 Å². The van der Waals surface area contributed by atoms with Gasteiger partial charge in [0.25, 0.3) is 0 Å². The molecule has 2 heterocycles. The Bertz CT molecular complexity index is 832. The maximum Gasteiger partial charge on any atom is 0.231 e. The number of nitrogens with zero attached hydrogens (tertiary/aromatic N) is 4. The highest BCUT2D eigenvalue weighted by Gasteiger charge is 2.09. The van der Waals surface area contributed by atoms with Gasteiger partial charge in [-0.05, 0) is 24.5 Å². The Hall–Kier alpha value is -2.96. The Balaban J connectivity index is 1.44. The van der Waals surface area contributed by atoms with E-state index in [1.807, 2.05) is 18.2 Å². The third-order valence-corrected chi connectivity index (χ3v) is 3.89. The fourth-order valence-corrected chi connectivity index (χ4v) is 2.57. The second kappa shape index (κ2) is 8.23. The van der Waals surface area contributed by atoms with E-state index in [9.17, 15) is 4.79 Å². The first kappa shape index (κ1) is 16.9. The van der Waals surface area contributed by atoms with Gasteiger partial charge in [0.05, 0.1) is 7.11 Å². The van der Waals surface area contributed by atoms with Gasteiger partial charge in [0.1, 0.15) is 0 Å². The number of carbonyl (C=O) groups is 1. The third-order valence-electron chi connectivity index (χ3n) is 3.89. The SMILES string of the molecule is COc1ccc2nnc(CCCC(=O)NCCc3ccccc3)n2n1. The predicted molar refractivity (Wildman–Crippen MR) is 93.4 cm³/mol. The molecule has 1 amide bonds. The Morgan fingerprint density at radius 2 is 1.96 bits per heavy atom. The van der Waals surface area contributed by atoms with Gasteiger partial charge in [-0.1, -0.05) is 30.3 Å². The van der Waals surface area contributed by atoms with Crippen molar-refractivity contribution in [2.75, 3.05) is 13.7 Å². The number of hydrogen-bond acceptors (Lipinski definition) is 5. The quantitative estimate of drug-likeness (QED) is 0.677. The first-order chi connectivity index (χ1) is 12.3. The predicted octanol–water partition coefficient (Wildman–Crippen LogP) is 1.81. The highest BCUT2D eigenvalue weighted by Crippen LogP contribution is 2.10. The van der Waals surface area contributed by atoms with Crippen molar-refractivity contribution in [2.24, 2.45) is 0 Å². The lowest BCUT2D eigenvalue weighted by molar-refractivity contribution is -0.121. The molecule has 130 valence electrons. The molecular weight excluding hydrogens is 318 g/mol. The van der Waals surface area contributed by atoms with Crippen LogP contribution in [0.1, 0.15) is 24.2 Å². The van der Waals surface area contributed by atoms with Gasteiger partial charge >= 0.3 is 0 Å². The van der Waals surface area contributed by atoms with Crippen molar-refractivity contribution in [1.82, 2.24) is 25.1 Å². The Morgan fingerprint density at radius 1 is 1.12 bits per heavy atom. The monoisotopic (exact) mass is 339 g/mol. The van der Waals surface area contributed by atoms with Crippen LogP contribution in [0.4, 0.5) is 0 Å². The van der Waals surface area contributed by atoms with Gasteiger partial charge in [-0.3, -0.25) is 4.79 Å². The minimum Gasteiger partial charge on any atom is -0.480 e. The van der Waals surface area contributed by atoms with Gasteiger partial charge in [-0.2, -0.15) is 4.52 Å². The molecule has 7 heteroatoms. The van der Waals surface area contributed by atoms with Crippen molar-refractivity contribution in [2.45, 2.75) is 25.7 Å². The van der Waals surface area contributed by atoms with Crippen molar-refractivity contribution < 1.29 is 9.53 Å². The Morgan fingerprint density at radius 3 is 2.76 bits per heavy atom. The largest absolute Gasteiger partial charge is 0.480 e. The van der Waals surface area contributed by atoms with Crippen LogP contribution in [0.2, 0.25) is 0 Å². The molecule has 0 aliphatic rings. The lowest BCUT2D eigenvalue weighted by Gasteiger charge is -2.05. The fourth-order valence-electron chi connectivity index (χ4n) is 2.57. The van der Waals surface area contributed by atoms with Gasteiger partial charge in [0.2, 0.25) is 11.8 Å². The number of fused-ring (bicyclic) bond motifs is 1. The van der Waals surface area contributed by atoms with E-state index in [1.54, 1.807) is 23.8 Å². The summed E-state index contributed by atoms with van der Waals surface area (Å²) in [5.41, 5.74) is 1.89. The van der Waals surface area contributed by atoms with E-state index in [0.29, 0.717) is 37.3 Å². The van der Waals surface area contributed by atoms with E-state index >= 15 is 0 Å². The lowest BCUT2D eigenvalue weighted by atomic mass is 10.1. The molecule has 0 aliphatic carbocycles. The molecule has 1 N–H and O–H groups in total. The number of hydrogen-bond donors (Lipinski definition) is 1. The molecule has 0 spiro atoms. The van der Waals surface area contributed by atoms with E-state index in [-0.39, 0.29) is 5.91 Å². The standard InChI is InChI=1S/C18H21N5O2/c1-25-18-11-10-16-21-20-15(23(16)22-18)8-5-9-17(24)19-13-12-14-6-3-2-4-7-14/h2-4,6-7,10-11H,5,8-9,12-13H2,1H3,(H,19,24). The molecule has 0 fully saturated rings. The number of carbonyl (C=O) groups excluding carboxylic acids is 1. The number of benzene rings is 1. The van der Waals surface area contributed by atoms with Crippen molar-refractivity contribution >= 4 is 11.6 Å². The number of amides is 1. The van der Waals surface area contributed by atoms with Crippen LogP contribution in [0, 0.1) is 0 Å². The van der Waals surface area contributed by atoms with E-state index in [1.165, 1.54) is 5.56 Å². The smallest absolute Gasteiger partial charge is 0.231 e.